The molecule has 0 fully saturated rings. The fourth-order valence-electron chi connectivity index (χ4n) is 3.00. The molecule has 0 aliphatic heterocycles. The van der Waals surface area contributed by atoms with E-state index >= 15 is 0 Å². The number of amides is 1. The number of aryl methyl sites for hydroxylation is 2. The summed E-state index contributed by atoms with van der Waals surface area (Å²) >= 11 is 0. The first-order valence-corrected chi connectivity index (χ1v) is 9.20. The van der Waals surface area contributed by atoms with Crippen LogP contribution in [0.1, 0.15) is 47.5 Å². The van der Waals surface area contributed by atoms with E-state index in [-0.39, 0.29) is 11.7 Å². The lowest BCUT2D eigenvalue weighted by Crippen LogP contribution is -2.36. The number of hydrogen-bond acceptors (Lipinski definition) is 6. The van der Waals surface area contributed by atoms with Crippen molar-refractivity contribution in [3.05, 3.63) is 59.2 Å². The van der Waals surface area contributed by atoms with Gasteiger partial charge in [-0.05, 0) is 33.8 Å². The predicted molar refractivity (Wildman–Crippen MR) is 103 cm³/mol. The molecule has 3 aromatic rings. The minimum Gasteiger partial charge on any atom is -0.441 e. The fourth-order valence-corrected chi connectivity index (χ4v) is 3.00. The molecule has 0 aliphatic carbocycles. The lowest BCUT2D eigenvalue weighted by Gasteiger charge is -2.25. The molecule has 2 heterocycles. The third-order valence-corrected chi connectivity index (χ3v) is 4.43. The van der Waals surface area contributed by atoms with E-state index in [0.717, 1.165) is 11.4 Å². The quantitative estimate of drug-likeness (QED) is 0.610. The van der Waals surface area contributed by atoms with E-state index in [0.29, 0.717) is 24.4 Å². The Bertz CT molecular complexity index is 996. The first-order chi connectivity index (χ1) is 13.4. The first kappa shape index (κ1) is 19.5. The molecule has 8 heteroatoms. The van der Waals surface area contributed by atoms with Crippen LogP contribution in [0.25, 0.3) is 5.78 Å². The van der Waals surface area contributed by atoms with Gasteiger partial charge in [-0.2, -0.15) is 4.98 Å². The van der Waals surface area contributed by atoms with Crippen LogP contribution in [0.2, 0.25) is 0 Å². The summed E-state index contributed by atoms with van der Waals surface area (Å²) in [4.78, 5) is 35.7. The highest BCUT2D eigenvalue weighted by Crippen LogP contribution is 2.21. The van der Waals surface area contributed by atoms with Gasteiger partial charge in [-0.15, -0.1) is 5.10 Å². The summed E-state index contributed by atoms with van der Waals surface area (Å²) in [6.45, 7) is 8.49. The molecular formula is C20H23N5O3. The minimum absolute atomic E-state index is 0.130. The van der Waals surface area contributed by atoms with Gasteiger partial charge in [0.25, 0.3) is 17.5 Å². The lowest BCUT2D eigenvalue weighted by atomic mass is 10.1. The maximum atomic E-state index is 12.9. The van der Waals surface area contributed by atoms with E-state index in [1.165, 1.54) is 4.52 Å². The van der Waals surface area contributed by atoms with Crippen molar-refractivity contribution in [3.63, 3.8) is 0 Å². The van der Waals surface area contributed by atoms with Crippen molar-refractivity contribution in [1.29, 1.82) is 0 Å². The summed E-state index contributed by atoms with van der Waals surface area (Å²) < 4.78 is 7.05. The number of nitrogens with zero attached hydrogens (tertiary/aromatic N) is 5. The van der Waals surface area contributed by atoms with Crippen molar-refractivity contribution in [1.82, 2.24) is 24.5 Å². The predicted octanol–water partition coefficient (Wildman–Crippen LogP) is 2.51. The van der Waals surface area contributed by atoms with Crippen LogP contribution in [-0.4, -0.2) is 49.4 Å². The summed E-state index contributed by atoms with van der Waals surface area (Å²) in [6, 6.07) is 10.8. The highest BCUT2D eigenvalue weighted by Gasteiger charge is 2.30. The number of fused-ring (bicyclic) bond motifs is 1. The number of esters is 1. The van der Waals surface area contributed by atoms with Gasteiger partial charge in [-0.3, -0.25) is 4.79 Å². The second-order valence-corrected chi connectivity index (χ2v) is 6.39. The van der Waals surface area contributed by atoms with Crippen molar-refractivity contribution >= 4 is 17.7 Å². The largest absolute Gasteiger partial charge is 0.441 e. The summed E-state index contributed by atoms with van der Waals surface area (Å²) in [5.41, 5.74) is 2.17. The van der Waals surface area contributed by atoms with Crippen LogP contribution >= 0.6 is 0 Å². The third-order valence-electron chi connectivity index (χ3n) is 4.43. The molecule has 2 aromatic heterocycles. The smallest absolute Gasteiger partial charge is 0.379 e. The number of benzene rings is 1. The van der Waals surface area contributed by atoms with Gasteiger partial charge >= 0.3 is 5.97 Å². The van der Waals surface area contributed by atoms with Crippen molar-refractivity contribution in [2.45, 2.75) is 33.8 Å². The average molecular weight is 381 g/mol. The second-order valence-electron chi connectivity index (χ2n) is 6.39. The van der Waals surface area contributed by atoms with Gasteiger partial charge < -0.3 is 9.64 Å². The van der Waals surface area contributed by atoms with E-state index in [9.17, 15) is 9.59 Å². The molecule has 1 amide bonds. The third kappa shape index (κ3) is 3.85. The molecule has 0 bridgehead atoms. The van der Waals surface area contributed by atoms with Gasteiger partial charge in [0.2, 0.25) is 6.10 Å². The first-order valence-electron chi connectivity index (χ1n) is 9.20. The minimum atomic E-state index is -1.06. The van der Waals surface area contributed by atoms with Gasteiger partial charge in [0.05, 0.1) is 0 Å². The molecule has 0 saturated carbocycles. The van der Waals surface area contributed by atoms with Crippen LogP contribution in [0.15, 0.2) is 36.4 Å². The Balaban J connectivity index is 1.93. The molecule has 0 saturated heterocycles. The summed E-state index contributed by atoms with van der Waals surface area (Å²) in [5.74, 6) is -0.861. The monoisotopic (exact) mass is 381 g/mol. The number of rotatable bonds is 6. The highest BCUT2D eigenvalue weighted by atomic mass is 16.5. The molecule has 1 atom stereocenters. The van der Waals surface area contributed by atoms with Crippen molar-refractivity contribution in [2.75, 3.05) is 13.1 Å². The average Bonchev–Trinajstić information content (AvgIpc) is 3.12. The molecule has 0 radical (unpaired) electrons. The number of hydrogen-bond donors (Lipinski definition) is 0. The maximum absolute atomic E-state index is 12.9. The van der Waals surface area contributed by atoms with Crippen LogP contribution in [-0.2, 0) is 9.53 Å². The van der Waals surface area contributed by atoms with E-state index in [4.69, 9.17) is 4.74 Å². The summed E-state index contributed by atoms with van der Waals surface area (Å²) in [5, 5.41) is 4.19. The molecule has 0 unspecified atom stereocenters. The molecule has 0 aliphatic rings. The fraction of sp³-hybridized carbons (Fsp3) is 0.350. The Morgan fingerprint density at radius 3 is 2.43 bits per heavy atom. The van der Waals surface area contributed by atoms with Crippen molar-refractivity contribution in [2.24, 2.45) is 0 Å². The molecule has 1 aromatic carbocycles. The standard InChI is InChI=1S/C20H23N5O3/c1-5-24(6-2)18(26)16(15-10-8-7-9-11-15)28-19(27)17-22-20-21-13(3)12-14(4)25(20)23-17/h7-12,16H,5-6H2,1-4H3/t16-/m0/s1. The van der Waals surface area contributed by atoms with Crippen molar-refractivity contribution < 1.29 is 14.3 Å². The van der Waals surface area contributed by atoms with Gasteiger partial charge in [0.1, 0.15) is 0 Å². The van der Waals surface area contributed by atoms with Crippen LogP contribution in [0.4, 0.5) is 0 Å². The topological polar surface area (TPSA) is 89.7 Å². The zero-order valence-electron chi connectivity index (χ0n) is 16.4. The van der Waals surface area contributed by atoms with E-state index in [1.807, 2.05) is 39.8 Å². The van der Waals surface area contributed by atoms with Gasteiger partial charge in [-0.25, -0.2) is 14.3 Å². The molecule has 8 nitrogen and oxygen atoms in total. The van der Waals surface area contributed by atoms with E-state index in [1.54, 1.807) is 29.2 Å². The van der Waals surface area contributed by atoms with E-state index in [2.05, 4.69) is 15.1 Å². The Morgan fingerprint density at radius 1 is 1.11 bits per heavy atom. The Labute approximate surface area is 163 Å². The highest BCUT2D eigenvalue weighted by molar-refractivity contribution is 5.90. The summed E-state index contributed by atoms with van der Waals surface area (Å²) in [6.07, 6.45) is -1.06. The van der Waals surface area contributed by atoms with Gasteiger partial charge in [0.15, 0.2) is 0 Å². The van der Waals surface area contributed by atoms with Gasteiger partial charge in [0, 0.05) is 30.0 Å². The SMILES string of the molecule is CCN(CC)C(=O)[C@@H](OC(=O)c1nc2nc(C)cc(C)n2n1)c1ccccc1. The lowest BCUT2D eigenvalue weighted by molar-refractivity contribution is -0.140. The maximum Gasteiger partial charge on any atom is 0.379 e. The van der Waals surface area contributed by atoms with Gasteiger partial charge in [-0.1, -0.05) is 30.3 Å². The van der Waals surface area contributed by atoms with Crippen LogP contribution in [0.3, 0.4) is 0 Å². The zero-order chi connectivity index (χ0) is 20.3. The normalized spacial score (nSPS) is 12.0. The molecule has 3 rings (SSSR count). The zero-order valence-corrected chi connectivity index (χ0v) is 16.4. The Kier molecular flexibility index (Phi) is 5.67. The summed E-state index contributed by atoms with van der Waals surface area (Å²) in [7, 11) is 0. The molecule has 28 heavy (non-hydrogen) atoms. The van der Waals surface area contributed by atoms with Crippen molar-refractivity contribution in [3.8, 4) is 0 Å². The second kappa shape index (κ2) is 8.16. The number of carbonyl (C=O) groups is 2. The number of carbonyl (C=O) groups excluding carboxylic acids is 2. The molecular weight excluding hydrogens is 358 g/mol. The van der Waals surface area contributed by atoms with Crippen LogP contribution < -0.4 is 0 Å². The van der Waals surface area contributed by atoms with E-state index < -0.39 is 12.1 Å². The number of likely N-dealkylation sites (N-methyl/N-ethyl adjacent to an activating group) is 1. The Morgan fingerprint density at radius 2 is 1.79 bits per heavy atom. The van der Waals surface area contributed by atoms with Crippen LogP contribution in [0, 0.1) is 13.8 Å². The number of aromatic nitrogens is 4. The number of ether oxygens (including phenoxy) is 1. The van der Waals surface area contributed by atoms with Crippen LogP contribution in [0.5, 0.6) is 0 Å². The molecule has 0 N–H and O–H groups in total. The molecule has 146 valence electrons. The Hall–Kier alpha value is -3.29. The molecule has 0 spiro atoms.